The summed E-state index contributed by atoms with van der Waals surface area (Å²) in [5.41, 5.74) is 12.9. The highest BCUT2D eigenvalue weighted by Gasteiger charge is 2.37. The topological polar surface area (TPSA) is 135 Å². The van der Waals surface area contributed by atoms with E-state index in [1.54, 1.807) is 47.4 Å². The Balaban J connectivity index is 1.75. The summed E-state index contributed by atoms with van der Waals surface area (Å²) >= 11 is 0.683. The lowest BCUT2D eigenvalue weighted by Gasteiger charge is -2.41. The van der Waals surface area contributed by atoms with Crippen LogP contribution < -0.4 is 21.3 Å². The number of anilines is 2. The fourth-order valence-electron chi connectivity index (χ4n) is 5.05. The third kappa shape index (κ3) is 8.24. The van der Waals surface area contributed by atoms with Crippen LogP contribution in [-0.2, 0) is 10.9 Å². The first kappa shape index (κ1) is 34.5. The Morgan fingerprint density at radius 2 is 1.78 bits per heavy atom. The number of benzene rings is 2. The van der Waals surface area contributed by atoms with E-state index < -0.39 is 35.9 Å². The van der Waals surface area contributed by atoms with Gasteiger partial charge in [-0.2, -0.15) is 40.7 Å². The summed E-state index contributed by atoms with van der Waals surface area (Å²) in [6, 6.07) is 11.6. The summed E-state index contributed by atoms with van der Waals surface area (Å²) in [6.07, 6.45) is -8.51. The van der Waals surface area contributed by atoms with Gasteiger partial charge in [-0.1, -0.05) is 38.1 Å². The standard InChI is InChI=1S/C29H32F6N8O2S/c1-16(2)15-43(18-10-12-42(13-11-18)27-40-25(41-46-27)29(33,34)35)22-9-8-17(19-6-4-5-7-20(19)23(44)45-3)14-21(22)38-26(37)39-24(36)28(30,31)32/h4-9,14,16,18H,10-13,15H2,1-3H3,(H4,36,37,38,39). The van der Waals surface area contributed by atoms with Gasteiger partial charge >= 0.3 is 18.3 Å². The van der Waals surface area contributed by atoms with Crippen LogP contribution in [0.4, 0.5) is 42.8 Å². The Morgan fingerprint density at radius 3 is 2.37 bits per heavy atom. The molecule has 3 aromatic rings. The summed E-state index contributed by atoms with van der Waals surface area (Å²) < 4.78 is 86.9. The van der Waals surface area contributed by atoms with Crippen LogP contribution in [0.25, 0.3) is 11.1 Å². The molecule has 1 aromatic heterocycles. The largest absolute Gasteiger partial charge is 0.465 e. The number of carbonyl (C=O) groups excluding carboxylic acids is 1. The molecular formula is C29H32F6N8O2S. The molecule has 0 bridgehead atoms. The van der Waals surface area contributed by atoms with Gasteiger partial charge in [0.05, 0.1) is 24.0 Å². The van der Waals surface area contributed by atoms with Crippen molar-refractivity contribution in [3.8, 4) is 11.1 Å². The fraction of sp³-hybridized carbons (Fsp3) is 0.414. The number of nitrogens with zero attached hydrogens (tertiary/aromatic N) is 6. The monoisotopic (exact) mass is 670 g/mol. The van der Waals surface area contributed by atoms with Crippen LogP contribution in [0, 0.1) is 5.92 Å². The maximum atomic E-state index is 13.1. The van der Waals surface area contributed by atoms with Crippen LogP contribution in [-0.4, -0.2) is 66.1 Å². The molecule has 0 saturated carbocycles. The second-order valence-electron chi connectivity index (χ2n) is 10.9. The highest BCUT2D eigenvalue weighted by atomic mass is 32.1. The van der Waals surface area contributed by atoms with Crippen LogP contribution in [0.1, 0.15) is 42.9 Å². The molecular weight excluding hydrogens is 638 g/mol. The lowest BCUT2D eigenvalue weighted by Crippen LogP contribution is -2.46. The van der Waals surface area contributed by atoms with Gasteiger partial charge in [-0.25, -0.2) is 9.79 Å². The number of esters is 1. The average Bonchev–Trinajstić information content (AvgIpc) is 3.51. The Kier molecular flexibility index (Phi) is 10.4. The number of aliphatic imine (C=N–C) groups is 2. The van der Waals surface area contributed by atoms with Crippen molar-refractivity contribution in [1.29, 1.82) is 0 Å². The predicted octanol–water partition coefficient (Wildman–Crippen LogP) is 6.01. The molecule has 248 valence electrons. The van der Waals surface area contributed by atoms with Gasteiger partial charge < -0.3 is 26.0 Å². The van der Waals surface area contributed by atoms with Gasteiger partial charge in [0.15, 0.2) is 0 Å². The maximum Gasteiger partial charge on any atom is 0.452 e. The van der Waals surface area contributed by atoms with Gasteiger partial charge in [0.2, 0.25) is 22.8 Å². The summed E-state index contributed by atoms with van der Waals surface area (Å²) in [6.45, 7) is 5.28. The number of methoxy groups -OCH3 is 1. The van der Waals surface area contributed by atoms with Gasteiger partial charge in [0, 0.05) is 37.2 Å². The van der Waals surface area contributed by atoms with E-state index in [9.17, 15) is 31.1 Å². The maximum absolute atomic E-state index is 13.1. The molecule has 0 radical (unpaired) electrons. The van der Waals surface area contributed by atoms with E-state index in [1.807, 2.05) is 13.8 Å². The minimum atomic E-state index is -4.92. The van der Waals surface area contributed by atoms with Crippen molar-refractivity contribution in [2.75, 3.05) is 36.5 Å². The quantitative estimate of drug-likeness (QED) is 0.129. The van der Waals surface area contributed by atoms with Gasteiger partial charge in [0.1, 0.15) is 0 Å². The first-order valence-corrected chi connectivity index (χ1v) is 14.9. The first-order chi connectivity index (χ1) is 21.6. The number of aromatic nitrogens is 2. The highest BCUT2D eigenvalue weighted by Crippen LogP contribution is 2.39. The molecule has 1 aliphatic heterocycles. The number of piperidine rings is 1. The molecule has 0 atom stereocenters. The molecule has 46 heavy (non-hydrogen) atoms. The molecule has 0 aliphatic carbocycles. The van der Waals surface area contributed by atoms with Gasteiger partial charge in [-0.05, 0) is 48.1 Å². The second kappa shape index (κ2) is 13.9. The molecule has 0 amide bonds. The lowest BCUT2D eigenvalue weighted by molar-refractivity contribution is -0.144. The SMILES string of the molecule is COC(=O)c1ccccc1-c1ccc(N(CC(C)C)C2CCN(c3nc(C(F)(F)F)ns3)CC2)c(N=C(N)N=C(N)C(F)(F)F)c1. The van der Waals surface area contributed by atoms with Crippen molar-refractivity contribution < 1.29 is 35.9 Å². The Bertz CT molecular complexity index is 1600. The van der Waals surface area contributed by atoms with Crippen LogP contribution in [0.2, 0.25) is 0 Å². The molecule has 0 spiro atoms. The van der Waals surface area contributed by atoms with E-state index in [4.69, 9.17) is 16.2 Å². The van der Waals surface area contributed by atoms with Crippen molar-refractivity contribution in [3.05, 3.63) is 53.9 Å². The minimum absolute atomic E-state index is 0.124. The zero-order valence-corrected chi connectivity index (χ0v) is 25.9. The molecule has 17 heteroatoms. The molecule has 1 saturated heterocycles. The fourth-order valence-corrected chi connectivity index (χ4v) is 5.78. The minimum Gasteiger partial charge on any atom is -0.465 e. The van der Waals surface area contributed by atoms with Crippen molar-refractivity contribution in [2.45, 2.75) is 45.1 Å². The molecule has 2 heterocycles. The summed E-state index contributed by atoms with van der Waals surface area (Å²) in [5, 5.41) is 0.174. The number of carbonyl (C=O) groups is 1. The zero-order chi connectivity index (χ0) is 33.8. The van der Waals surface area contributed by atoms with E-state index in [2.05, 4.69) is 24.2 Å². The first-order valence-electron chi connectivity index (χ1n) is 14.1. The van der Waals surface area contributed by atoms with Crippen molar-refractivity contribution in [3.63, 3.8) is 0 Å². The normalized spacial score (nSPS) is 15.4. The second-order valence-corrected chi connectivity index (χ2v) is 11.6. The molecule has 1 fully saturated rings. The van der Waals surface area contributed by atoms with Gasteiger partial charge in [-0.3, -0.25) is 0 Å². The van der Waals surface area contributed by atoms with Gasteiger partial charge in [0.25, 0.3) is 0 Å². The molecule has 0 unspecified atom stereocenters. The highest BCUT2D eigenvalue weighted by molar-refractivity contribution is 7.09. The van der Waals surface area contributed by atoms with E-state index in [0.717, 1.165) is 0 Å². The molecule has 2 aromatic carbocycles. The third-order valence-electron chi connectivity index (χ3n) is 7.10. The Labute approximate surface area is 264 Å². The van der Waals surface area contributed by atoms with Crippen molar-refractivity contribution in [2.24, 2.45) is 27.4 Å². The molecule has 1 aliphatic rings. The average molecular weight is 671 g/mol. The Hall–Kier alpha value is -4.41. The summed E-state index contributed by atoms with van der Waals surface area (Å²) in [7, 11) is 1.25. The van der Waals surface area contributed by atoms with Crippen molar-refractivity contribution >= 4 is 45.8 Å². The van der Waals surface area contributed by atoms with Crippen LogP contribution >= 0.6 is 11.5 Å². The molecule has 10 nitrogen and oxygen atoms in total. The van der Waals surface area contributed by atoms with E-state index in [1.165, 1.54) is 7.11 Å². The lowest BCUT2D eigenvalue weighted by atomic mass is 9.97. The molecule has 4 rings (SSSR count). The number of ether oxygens (including phenoxy) is 1. The smallest absolute Gasteiger partial charge is 0.452 e. The van der Waals surface area contributed by atoms with E-state index in [-0.39, 0.29) is 28.3 Å². The number of nitrogens with two attached hydrogens (primary N) is 2. The molecule has 4 N–H and O–H groups in total. The Morgan fingerprint density at radius 1 is 1.11 bits per heavy atom. The van der Waals surface area contributed by atoms with Crippen LogP contribution in [0.3, 0.4) is 0 Å². The predicted molar refractivity (Wildman–Crippen MR) is 165 cm³/mol. The number of guanidine groups is 1. The number of hydrogen-bond acceptors (Lipinski definition) is 8. The zero-order valence-electron chi connectivity index (χ0n) is 25.1. The third-order valence-corrected chi connectivity index (χ3v) is 7.87. The van der Waals surface area contributed by atoms with Crippen LogP contribution in [0.5, 0.6) is 0 Å². The van der Waals surface area contributed by atoms with E-state index >= 15 is 0 Å². The number of halogens is 6. The van der Waals surface area contributed by atoms with E-state index in [0.29, 0.717) is 60.8 Å². The number of alkyl halides is 6. The van der Waals surface area contributed by atoms with Gasteiger partial charge in [-0.15, -0.1) is 0 Å². The summed E-state index contributed by atoms with van der Waals surface area (Å²) in [4.78, 5) is 27.4. The van der Waals surface area contributed by atoms with Crippen molar-refractivity contribution in [1.82, 2.24) is 9.36 Å². The summed E-state index contributed by atoms with van der Waals surface area (Å²) in [5.74, 6) is -4.04. The number of hydrogen-bond donors (Lipinski definition) is 2. The van der Waals surface area contributed by atoms with Crippen LogP contribution in [0.15, 0.2) is 52.4 Å². The number of rotatable bonds is 8. The number of amidine groups is 1.